The fraction of sp³-hybridized carbons (Fsp3) is 0.333. The number of hydroxylamine groups is 1. The van der Waals surface area contributed by atoms with Crippen LogP contribution in [0.25, 0.3) is 5.70 Å². The Balaban J connectivity index is 1.67. The Morgan fingerprint density at radius 3 is 2.69 bits per heavy atom. The third-order valence-corrected chi connectivity index (χ3v) is 4.89. The molecule has 1 aliphatic heterocycles. The minimum atomic E-state index is -0.395. The van der Waals surface area contributed by atoms with Crippen LogP contribution in [0.3, 0.4) is 0 Å². The lowest BCUT2D eigenvalue weighted by Crippen LogP contribution is -2.26. The number of hydrogen-bond acceptors (Lipinski definition) is 5. The molecular formula is C21H24N2O3. The predicted molar refractivity (Wildman–Crippen MR) is 101 cm³/mol. The van der Waals surface area contributed by atoms with Gasteiger partial charge in [0.2, 0.25) is 0 Å². The average Bonchev–Trinajstić information content (AvgIpc) is 3.39. The summed E-state index contributed by atoms with van der Waals surface area (Å²) in [6.07, 6.45) is 0.855. The van der Waals surface area contributed by atoms with E-state index in [9.17, 15) is 0 Å². The van der Waals surface area contributed by atoms with E-state index in [1.807, 2.05) is 50.5 Å². The quantitative estimate of drug-likeness (QED) is 0.612. The molecule has 0 spiro atoms. The summed E-state index contributed by atoms with van der Waals surface area (Å²) >= 11 is 0. The maximum Gasteiger partial charge on any atom is 0.162 e. The zero-order chi connectivity index (χ0) is 18.1. The molecule has 2 aromatic carbocycles. The van der Waals surface area contributed by atoms with Gasteiger partial charge in [-0.1, -0.05) is 30.3 Å². The molecule has 0 saturated heterocycles. The van der Waals surface area contributed by atoms with Crippen LogP contribution in [-0.2, 0) is 10.4 Å². The molecule has 1 N–H and O–H groups in total. The molecule has 1 atom stereocenters. The zero-order valence-corrected chi connectivity index (χ0v) is 15.4. The average molecular weight is 352 g/mol. The summed E-state index contributed by atoms with van der Waals surface area (Å²) in [5.74, 6) is 1.59. The van der Waals surface area contributed by atoms with Gasteiger partial charge in [-0.25, -0.2) is 0 Å². The van der Waals surface area contributed by atoms with E-state index in [4.69, 9.17) is 14.3 Å². The van der Waals surface area contributed by atoms with Crippen LogP contribution in [0.2, 0.25) is 0 Å². The predicted octanol–water partition coefficient (Wildman–Crippen LogP) is 3.18. The van der Waals surface area contributed by atoms with Gasteiger partial charge in [0.15, 0.2) is 5.60 Å². The normalized spacial score (nSPS) is 20.3. The van der Waals surface area contributed by atoms with E-state index in [1.54, 1.807) is 7.11 Å². The molecule has 1 fully saturated rings. The second kappa shape index (κ2) is 6.67. The van der Waals surface area contributed by atoms with E-state index < -0.39 is 5.60 Å². The number of likely N-dealkylation sites (N-methyl/N-ethyl adjacent to an activating group) is 1. The third kappa shape index (κ3) is 2.93. The molecule has 0 amide bonds. The number of ether oxygens (including phenoxy) is 2. The van der Waals surface area contributed by atoms with Crippen molar-refractivity contribution in [2.75, 3.05) is 34.4 Å². The summed E-state index contributed by atoms with van der Waals surface area (Å²) in [4.78, 5) is 7.83. The van der Waals surface area contributed by atoms with E-state index in [2.05, 4.69) is 22.5 Å². The number of benzene rings is 2. The molecule has 2 aliphatic rings. The molecule has 0 radical (unpaired) electrons. The van der Waals surface area contributed by atoms with Crippen molar-refractivity contribution in [2.24, 2.45) is 0 Å². The summed E-state index contributed by atoms with van der Waals surface area (Å²) in [7, 11) is 5.73. The Morgan fingerprint density at radius 1 is 1.15 bits per heavy atom. The molecule has 4 rings (SSSR count). The van der Waals surface area contributed by atoms with Gasteiger partial charge in [-0.3, -0.25) is 10.3 Å². The first-order valence-electron chi connectivity index (χ1n) is 8.83. The number of rotatable bonds is 7. The fourth-order valence-electron chi connectivity index (χ4n) is 3.37. The van der Waals surface area contributed by atoms with Gasteiger partial charge in [0.25, 0.3) is 0 Å². The SMILES string of the molecule is COc1ccc2c(c1)OC1(c3ccccc3)CC1=C2NOCCN(C)C. The van der Waals surface area contributed by atoms with Crippen molar-refractivity contribution >= 4 is 5.70 Å². The van der Waals surface area contributed by atoms with Crippen LogP contribution in [0, 0.1) is 0 Å². The lowest BCUT2D eigenvalue weighted by atomic mass is 10.0. The van der Waals surface area contributed by atoms with Crippen molar-refractivity contribution in [3.8, 4) is 11.5 Å². The topological polar surface area (TPSA) is 43.0 Å². The van der Waals surface area contributed by atoms with Crippen LogP contribution in [0.15, 0.2) is 54.1 Å². The van der Waals surface area contributed by atoms with Crippen LogP contribution < -0.4 is 15.0 Å². The molecule has 1 saturated carbocycles. The van der Waals surface area contributed by atoms with Gasteiger partial charge in [-0.2, -0.15) is 0 Å². The minimum Gasteiger partial charge on any atom is -0.497 e. The van der Waals surface area contributed by atoms with E-state index in [0.29, 0.717) is 6.61 Å². The Labute approximate surface area is 154 Å². The zero-order valence-electron chi connectivity index (χ0n) is 15.4. The number of nitrogens with one attached hydrogen (secondary N) is 1. The van der Waals surface area contributed by atoms with Gasteiger partial charge in [0.1, 0.15) is 11.5 Å². The standard InChI is InChI=1S/C21H24N2O3/c1-23(2)11-12-25-22-20-17-10-9-16(24-3)13-19(17)26-21(14-18(20)21)15-7-5-4-6-8-15/h4-10,13,22H,11-12,14H2,1-3H3. The molecule has 1 heterocycles. The Kier molecular flexibility index (Phi) is 4.34. The van der Waals surface area contributed by atoms with E-state index in [0.717, 1.165) is 41.3 Å². The Bertz CT molecular complexity index is 832. The molecule has 0 bridgehead atoms. The number of methoxy groups -OCH3 is 1. The lowest BCUT2D eigenvalue weighted by molar-refractivity contribution is 0.0651. The van der Waals surface area contributed by atoms with E-state index >= 15 is 0 Å². The highest BCUT2D eigenvalue weighted by Gasteiger charge is 2.58. The van der Waals surface area contributed by atoms with Gasteiger partial charge in [0.05, 0.1) is 19.4 Å². The van der Waals surface area contributed by atoms with Crippen molar-refractivity contribution < 1.29 is 14.3 Å². The molecule has 2 aromatic rings. The highest BCUT2D eigenvalue weighted by molar-refractivity contribution is 5.80. The molecule has 26 heavy (non-hydrogen) atoms. The molecule has 136 valence electrons. The third-order valence-electron chi connectivity index (χ3n) is 4.89. The fourth-order valence-corrected chi connectivity index (χ4v) is 3.37. The van der Waals surface area contributed by atoms with Crippen LogP contribution in [0.4, 0.5) is 0 Å². The van der Waals surface area contributed by atoms with Crippen molar-refractivity contribution in [3.63, 3.8) is 0 Å². The number of nitrogens with zero attached hydrogens (tertiary/aromatic N) is 1. The summed E-state index contributed by atoms with van der Waals surface area (Å²) in [6.45, 7) is 1.46. The second-order valence-electron chi connectivity index (χ2n) is 6.94. The first kappa shape index (κ1) is 16.9. The largest absolute Gasteiger partial charge is 0.497 e. The highest BCUT2D eigenvalue weighted by atomic mass is 16.6. The van der Waals surface area contributed by atoms with Crippen LogP contribution in [-0.4, -0.2) is 39.3 Å². The summed E-state index contributed by atoms with van der Waals surface area (Å²) in [6, 6.07) is 16.3. The maximum absolute atomic E-state index is 6.46. The van der Waals surface area contributed by atoms with Gasteiger partial charge < -0.3 is 14.4 Å². The van der Waals surface area contributed by atoms with Gasteiger partial charge in [-0.05, 0) is 26.2 Å². The second-order valence-corrected chi connectivity index (χ2v) is 6.94. The van der Waals surface area contributed by atoms with Crippen molar-refractivity contribution in [1.82, 2.24) is 10.4 Å². The monoisotopic (exact) mass is 352 g/mol. The molecule has 5 heteroatoms. The minimum absolute atomic E-state index is 0.395. The summed E-state index contributed by atoms with van der Waals surface area (Å²) in [5, 5.41) is 0. The van der Waals surface area contributed by atoms with Crippen LogP contribution >= 0.6 is 0 Å². The Morgan fingerprint density at radius 2 is 1.96 bits per heavy atom. The highest BCUT2D eigenvalue weighted by Crippen LogP contribution is 2.61. The molecular weight excluding hydrogens is 328 g/mol. The molecule has 1 unspecified atom stereocenters. The van der Waals surface area contributed by atoms with E-state index in [1.165, 1.54) is 5.57 Å². The van der Waals surface area contributed by atoms with Crippen LogP contribution in [0.1, 0.15) is 17.5 Å². The Hall–Kier alpha value is -2.50. The van der Waals surface area contributed by atoms with Crippen LogP contribution in [0.5, 0.6) is 11.5 Å². The van der Waals surface area contributed by atoms with Gasteiger partial charge in [-0.15, -0.1) is 0 Å². The van der Waals surface area contributed by atoms with Crippen molar-refractivity contribution in [1.29, 1.82) is 0 Å². The summed E-state index contributed by atoms with van der Waals surface area (Å²) in [5.41, 5.74) is 7.20. The van der Waals surface area contributed by atoms with Gasteiger partial charge >= 0.3 is 0 Å². The lowest BCUT2D eigenvalue weighted by Gasteiger charge is -2.27. The molecule has 0 aromatic heterocycles. The number of hydrogen-bond donors (Lipinski definition) is 1. The maximum atomic E-state index is 6.46. The number of fused-ring (bicyclic) bond motifs is 2. The van der Waals surface area contributed by atoms with Gasteiger partial charge in [0, 0.05) is 35.7 Å². The first-order chi connectivity index (χ1) is 12.6. The summed E-state index contributed by atoms with van der Waals surface area (Å²) < 4.78 is 11.8. The molecule has 1 aliphatic carbocycles. The van der Waals surface area contributed by atoms with Crippen molar-refractivity contribution in [3.05, 3.63) is 65.2 Å². The van der Waals surface area contributed by atoms with Crippen molar-refractivity contribution in [2.45, 2.75) is 12.0 Å². The molecule has 5 nitrogen and oxygen atoms in total. The first-order valence-corrected chi connectivity index (χ1v) is 8.83. The van der Waals surface area contributed by atoms with E-state index in [-0.39, 0.29) is 0 Å². The smallest absolute Gasteiger partial charge is 0.162 e.